The van der Waals surface area contributed by atoms with Gasteiger partial charge in [-0.1, -0.05) is 4.55 Å². The molecule has 0 rings (SSSR count). The van der Waals surface area contributed by atoms with E-state index in [0.29, 0.717) is 0 Å². The van der Waals surface area contributed by atoms with E-state index in [9.17, 15) is 8.76 Å². The zero-order valence-electron chi connectivity index (χ0n) is 5.13. The first-order chi connectivity index (χ1) is 3.42. The molecule has 1 unspecified atom stereocenters. The lowest BCUT2D eigenvalue weighted by atomic mass is 11.8. The van der Waals surface area contributed by atoms with Crippen LogP contribution in [0.4, 0.5) is 0 Å². The van der Waals surface area contributed by atoms with E-state index >= 15 is 0 Å². The molecule has 0 aliphatic heterocycles. The second kappa shape index (κ2) is 2.72. The van der Waals surface area contributed by atoms with Gasteiger partial charge in [-0.2, -0.15) is 4.21 Å². The quantitative estimate of drug-likeness (QED) is 0.552. The summed E-state index contributed by atoms with van der Waals surface area (Å²) in [5.41, 5.74) is 0. The second-order valence-corrected chi connectivity index (χ2v) is 7.70. The molecule has 0 aromatic rings. The van der Waals surface area contributed by atoms with Crippen LogP contribution in [0.25, 0.3) is 0 Å². The van der Waals surface area contributed by atoms with Crippen molar-refractivity contribution < 1.29 is 12.6 Å². The van der Waals surface area contributed by atoms with Crippen LogP contribution in [-0.4, -0.2) is 12.5 Å². The minimum atomic E-state index is -2.32. The lowest BCUT2D eigenvalue weighted by Gasteiger charge is -2.10. The maximum absolute atomic E-state index is 9.83. The Morgan fingerprint density at radius 3 is 1.75 bits per heavy atom. The molecule has 49 valence electrons. The first-order valence-electron chi connectivity index (χ1n) is 2.20. The van der Waals surface area contributed by atoms with Gasteiger partial charge in [-0.15, -0.1) is 0 Å². The second-order valence-electron chi connectivity index (χ2n) is 2.40. The summed E-state index contributed by atoms with van der Waals surface area (Å²) in [6.07, 6.45) is 0. The summed E-state index contributed by atoms with van der Waals surface area (Å²) >= 11 is -2.32. The highest BCUT2D eigenvalue weighted by Gasteiger charge is 2.17. The Hall–Kier alpha value is 0.287. The first kappa shape index (κ1) is 8.29. The molecular weight excluding hydrogens is 144 g/mol. The summed E-state index contributed by atoms with van der Waals surface area (Å²) < 4.78 is 24.1. The lowest BCUT2D eigenvalue weighted by Crippen LogP contribution is -2.25. The highest BCUT2D eigenvalue weighted by Crippen LogP contribution is 2.03. The number of hydrogen-bond donors (Lipinski definition) is 0. The van der Waals surface area contributed by atoms with Crippen LogP contribution in [0.1, 0.15) is 0 Å². The van der Waals surface area contributed by atoms with E-state index in [1.165, 1.54) is 0 Å². The van der Waals surface area contributed by atoms with Crippen molar-refractivity contribution in [3.05, 3.63) is 0 Å². The molecule has 0 N–H and O–H groups in total. The van der Waals surface area contributed by atoms with E-state index in [1.807, 2.05) is 19.6 Å². The van der Waals surface area contributed by atoms with E-state index in [0.717, 1.165) is 0 Å². The molecule has 0 heterocycles. The van der Waals surface area contributed by atoms with E-state index < -0.39 is 19.7 Å². The molecule has 3 nitrogen and oxygen atoms in total. The maximum atomic E-state index is 9.83. The molecule has 0 saturated heterocycles. The molecule has 5 heteroatoms. The monoisotopic (exact) mass is 153 g/mol. The third kappa shape index (κ3) is 6.29. The predicted molar refractivity (Wildman–Crippen MR) is 33.3 cm³/mol. The molecule has 8 heavy (non-hydrogen) atoms. The predicted octanol–water partition coefficient (Wildman–Crippen LogP) is 0.847. The molecular formula is C3H9O3SSi. The highest BCUT2D eigenvalue weighted by atomic mass is 32.2. The van der Waals surface area contributed by atoms with E-state index in [-0.39, 0.29) is 0 Å². The summed E-state index contributed by atoms with van der Waals surface area (Å²) in [5.74, 6) is 0. The Bertz CT molecular complexity index is 97.2. The van der Waals surface area contributed by atoms with Crippen LogP contribution in [0.3, 0.4) is 0 Å². The van der Waals surface area contributed by atoms with E-state index in [1.54, 1.807) is 0 Å². The van der Waals surface area contributed by atoms with Crippen LogP contribution in [0.5, 0.6) is 0 Å². The standard InChI is InChI=1S/C3H9O3SSi/c1-8(2,3)6-7(4)5/h1-3H3. The van der Waals surface area contributed by atoms with Gasteiger partial charge in [0.2, 0.25) is 8.32 Å². The smallest absolute Gasteiger partial charge is 0.312 e. The summed E-state index contributed by atoms with van der Waals surface area (Å²) in [6.45, 7) is 5.42. The zero-order valence-corrected chi connectivity index (χ0v) is 6.95. The Kier molecular flexibility index (Phi) is 2.82. The van der Waals surface area contributed by atoms with Crippen molar-refractivity contribution in [3.8, 4) is 0 Å². The average molecular weight is 153 g/mol. The third-order valence-electron chi connectivity index (χ3n) is 0.318. The van der Waals surface area contributed by atoms with Crippen LogP contribution in [0, 0.1) is 0 Å². The molecule has 0 amide bonds. The molecule has 0 aliphatic rings. The number of rotatable bonds is 2. The van der Waals surface area contributed by atoms with Gasteiger partial charge in [-0.3, -0.25) is 0 Å². The van der Waals surface area contributed by atoms with E-state index in [2.05, 4.69) is 3.87 Å². The van der Waals surface area contributed by atoms with Gasteiger partial charge >= 0.3 is 11.4 Å². The van der Waals surface area contributed by atoms with Crippen molar-refractivity contribution in [2.75, 3.05) is 0 Å². The lowest BCUT2D eigenvalue weighted by molar-refractivity contribution is 0.396. The van der Waals surface area contributed by atoms with Crippen LogP contribution >= 0.6 is 0 Å². The Balaban J connectivity index is 3.55. The Morgan fingerprint density at radius 2 is 1.75 bits per heavy atom. The molecule has 0 bridgehead atoms. The van der Waals surface area contributed by atoms with Crippen molar-refractivity contribution >= 4 is 19.7 Å². The summed E-state index contributed by atoms with van der Waals surface area (Å²) in [4.78, 5) is 0. The Labute approximate surface area is 52.7 Å². The highest BCUT2D eigenvalue weighted by molar-refractivity contribution is 7.75. The van der Waals surface area contributed by atoms with Crippen molar-refractivity contribution in [2.24, 2.45) is 0 Å². The van der Waals surface area contributed by atoms with Crippen LogP contribution < -0.4 is 0 Å². The number of hydrogen-bond acceptors (Lipinski definition) is 2. The molecule has 0 aliphatic carbocycles. The van der Waals surface area contributed by atoms with Gasteiger partial charge in [-0.05, 0) is 19.6 Å². The largest absolute Gasteiger partial charge is 0.324 e. The molecule has 0 aromatic heterocycles. The minimum absolute atomic E-state index is 1.81. The first-order valence-corrected chi connectivity index (χ1v) is 6.61. The topological polar surface area (TPSA) is 46.2 Å². The van der Waals surface area contributed by atoms with Crippen molar-refractivity contribution in [3.63, 3.8) is 0 Å². The summed E-state index contributed by atoms with van der Waals surface area (Å²) in [6, 6.07) is 0. The van der Waals surface area contributed by atoms with Gasteiger partial charge in [0.25, 0.3) is 0 Å². The maximum Gasteiger partial charge on any atom is 0.324 e. The Morgan fingerprint density at radius 1 is 1.38 bits per heavy atom. The fourth-order valence-electron chi connectivity index (χ4n) is 0.204. The third-order valence-corrected chi connectivity index (χ3v) is 2.86. The summed E-state index contributed by atoms with van der Waals surface area (Å²) in [5, 5.41) is 0. The van der Waals surface area contributed by atoms with Gasteiger partial charge in [0.1, 0.15) is 0 Å². The molecule has 0 spiro atoms. The molecule has 1 radical (unpaired) electrons. The van der Waals surface area contributed by atoms with Gasteiger partial charge in [0, 0.05) is 0 Å². The van der Waals surface area contributed by atoms with Crippen LogP contribution in [0.15, 0.2) is 0 Å². The van der Waals surface area contributed by atoms with Gasteiger partial charge in [-0.25, -0.2) is 0 Å². The summed E-state index contributed by atoms with van der Waals surface area (Å²) in [7, 11) is -1.83. The zero-order chi connectivity index (χ0) is 6.78. The average Bonchev–Trinajstić information content (AvgIpc) is 1.21. The van der Waals surface area contributed by atoms with Crippen LogP contribution in [-0.2, 0) is 19.8 Å². The van der Waals surface area contributed by atoms with Gasteiger partial charge in [0.05, 0.1) is 0 Å². The van der Waals surface area contributed by atoms with E-state index in [4.69, 9.17) is 0 Å². The molecule has 0 fully saturated rings. The van der Waals surface area contributed by atoms with Crippen LogP contribution in [0.2, 0.25) is 19.6 Å². The fourth-order valence-corrected chi connectivity index (χ4v) is 1.84. The van der Waals surface area contributed by atoms with Crippen molar-refractivity contribution in [1.82, 2.24) is 0 Å². The molecule has 1 atom stereocenters. The minimum Gasteiger partial charge on any atom is -0.312 e. The van der Waals surface area contributed by atoms with Gasteiger partial charge in [0.15, 0.2) is 0 Å². The molecule has 0 aromatic carbocycles. The van der Waals surface area contributed by atoms with Crippen molar-refractivity contribution in [1.29, 1.82) is 0 Å². The SMILES string of the molecule is C[Si](C)(C)OS([O])=O. The van der Waals surface area contributed by atoms with Gasteiger partial charge < -0.3 is 3.87 Å². The normalized spacial score (nSPS) is 16.0. The molecule has 0 saturated carbocycles. The fraction of sp³-hybridized carbons (Fsp3) is 1.00. The van der Waals surface area contributed by atoms with Crippen molar-refractivity contribution in [2.45, 2.75) is 19.6 Å².